The van der Waals surface area contributed by atoms with Crippen LogP contribution in [0.3, 0.4) is 0 Å². The summed E-state index contributed by atoms with van der Waals surface area (Å²) in [6.45, 7) is 0.199. The smallest absolute Gasteiger partial charge is 0.289 e. The second kappa shape index (κ2) is 17.8. The average Bonchev–Trinajstić information content (AvgIpc) is 4.19. The first-order valence-electron chi connectivity index (χ1n) is 20.2. The Morgan fingerprint density at radius 1 is 0.615 bits per heavy atom. The van der Waals surface area contributed by atoms with Crippen molar-refractivity contribution in [3.8, 4) is 11.5 Å². The van der Waals surface area contributed by atoms with E-state index in [1.54, 1.807) is 59.7 Å². The molecule has 0 aliphatic heterocycles. The lowest BCUT2D eigenvalue weighted by Crippen LogP contribution is -2.22. The van der Waals surface area contributed by atoms with Gasteiger partial charge in [-0.25, -0.2) is 8.42 Å². The van der Waals surface area contributed by atoms with E-state index in [0.29, 0.717) is 34.5 Å². The Morgan fingerprint density at radius 3 is 1.78 bits per heavy atom. The molecule has 1 N–H and O–H groups in total. The molecule has 65 heavy (non-hydrogen) atoms. The van der Waals surface area contributed by atoms with Gasteiger partial charge in [-0.05, 0) is 137 Å². The molecule has 1 atom stereocenters. The van der Waals surface area contributed by atoms with Gasteiger partial charge in [-0.1, -0.05) is 60.7 Å². The average molecular weight is 921 g/mol. The van der Waals surface area contributed by atoms with Crippen LogP contribution in [-0.4, -0.2) is 28.0 Å². The number of aromatic nitrogens is 4. The number of hydrogen-bond acceptors (Lipinski definition) is 14. The van der Waals surface area contributed by atoms with E-state index in [2.05, 4.69) is 15.5 Å². The highest BCUT2D eigenvalue weighted by molar-refractivity contribution is 7.91. The van der Waals surface area contributed by atoms with E-state index in [-0.39, 0.29) is 51.1 Å². The molecule has 0 amide bonds. The summed E-state index contributed by atoms with van der Waals surface area (Å²) in [6, 6.07) is 47.5. The summed E-state index contributed by atoms with van der Waals surface area (Å²) in [7, 11) is -3.94. The lowest BCUT2D eigenvalue weighted by atomic mass is 10.1. The van der Waals surface area contributed by atoms with Crippen LogP contribution in [0.5, 0.6) is 11.5 Å². The molecule has 17 heteroatoms. The number of hydrogen-bond donors (Lipinski definition) is 1. The summed E-state index contributed by atoms with van der Waals surface area (Å²) in [4.78, 5) is 2.18. The monoisotopic (exact) mass is 920 g/mol. The number of benzene rings is 6. The van der Waals surface area contributed by atoms with E-state index in [9.17, 15) is 8.42 Å². The summed E-state index contributed by atoms with van der Waals surface area (Å²) in [6.07, 6.45) is 2.35. The van der Waals surface area contributed by atoms with Crippen LogP contribution in [0.15, 0.2) is 198 Å². The molecular formula is C48H36N6O8S3. The number of fused-ring (bicyclic) bond motifs is 2. The molecule has 4 aromatic heterocycles. The molecule has 4 heterocycles. The van der Waals surface area contributed by atoms with Crippen LogP contribution in [0.4, 0.5) is 17.3 Å². The van der Waals surface area contributed by atoms with Gasteiger partial charge in [-0.15, -0.1) is 10.2 Å². The summed E-state index contributed by atoms with van der Waals surface area (Å²) >= 11 is 11.1. The van der Waals surface area contributed by atoms with Crippen LogP contribution >= 0.6 is 24.4 Å². The van der Waals surface area contributed by atoms with E-state index in [4.69, 9.17) is 51.6 Å². The summed E-state index contributed by atoms with van der Waals surface area (Å²) in [5, 5.41) is 16.8. The first-order valence-corrected chi connectivity index (χ1v) is 22.5. The molecule has 0 aliphatic rings. The number of anilines is 3. The quantitative estimate of drug-likeness (QED) is 0.0913. The summed E-state index contributed by atoms with van der Waals surface area (Å²) in [5.41, 5.74) is 1.19. The van der Waals surface area contributed by atoms with Crippen LogP contribution in [0.1, 0.15) is 23.7 Å². The molecule has 0 saturated carbocycles. The predicted octanol–water partition coefficient (Wildman–Crippen LogP) is 11.7. The van der Waals surface area contributed by atoms with Gasteiger partial charge in [0.2, 0.25) is 15.7 Å². The van der Waals surface area contributed by atoms with Crippen molar-refractivity contribution in [2.45, 2.75) is 35.8 Å². The Balaban J connectivity index is 0.823. The van der Waals surface area contributed by atoms with Crippen molar-refractivity contribution < 1.29 is 35.6 Å². The predicted molar refractivity (Wildman–Crippen MR) is 247 cm³/mol. The van der Waals surface area contributed by atoms with Crippen LogP contribution in [-0.2, 0) is 29.7 Å². The zero-order valence-electron chi connectivity index (χ0n) is 34.1. The maximum atomic E-state index is 14.0. The van der Waals surface area contributed by atoms with E-state index >= 15 is 0 Å². The normalized spacial score (nSPS) is 12.1. The highest BCUT2D eigenvalue weighted by Crippen LogP contribution is 2.31. The van der Waals surface area contributed by atoms with Gasteiger partial charge in [-0.2, -0.15) is 9.36 Å². The molecular weight excluding hydrogens is 885 g/mol. The first-order chi connectivity index (χ1) is 31.7. The van der Waals surface area contributed by atoms with Gasteiger partial charge >= 0.3 is 0 Å². The number of furan rings is 2. The van der Waals surface area contributed by atoms with Gasteiger partial charge in [0.15, 0.2) is 19.4 Å². The van der Waals surface area contributed by atoms with Crippen LogP contribution in [0.25, 0.3) is 21.5 Å². The highest BCUT2D eigenvalue weighted by Gasteiger charge is 2.24. The topological polar surface area (TPSA) is 156 Å². The maximum absolute atomic E-state index is 14.0. The van der Waals surface area contributed by atoms with Gasteiger partial charge < -0.3 is 32.5 Å². The number of ether oxygens (including phenoxy) is 2. The number of nitrogens with one attached hydrogen (secondary N) is 1. The van der Waals surface area contributed by atoms with Crippen molar-refractivity contribution in [2.24, 2.45) is 0 Å². The van der Waals surface area contributed by atoms with Gasteiger partial charge in [0.1, 0.15) is 23.9 Å². The lowest BCUT2D eigenvalue weighted by molar-refractivity contribution is 0.262. The molecule has 0 radical (unpaired) electrons. The van der Waals surface area contributed by atoms with Crippen molar-refractivity contribution in [3.63, 3.8) is 0 Å². The molecule has 1 unspecified atom stereocenters. The Bertz CT molecular complexity index is 3470. The van der Waals surface area contributed by atoms with Gasteiger partial charge in [-0.3, -0.25) is 4.90 Å². The molecule has 6 aromatic carbocycles. The third-order valence-corrected chi connectivity index (χ3v) is 12.8. The van der Waals surface area contributed by atoms with Crippen molar-refractivity contribution >= 4 is 73.1 Å². The molecule has 0 spiro atoms. The van der Waals surface area contributed by atoms with E-state index in [1.807, 2.05) is 84.9 Å². The van der Waals surface area contributed by atoms with Crippen LogP contribution in [0.2, 0.25) is 0 Å². The second-order valence-corrected chi connectivity index (χ2v) is 17.3. The fourth-order valence-electron chi connectivity index (χ4n) is 7.22. The zero-order valence-corrected chi connectivity index (χ0v) is 36.5. The Hall–Kier alpha value is -7.73. The van der Waals surface area contributed by atoms with E-state index in [0.717, 1.165) is 21.5 Å². The Morgan fingerprint density at radius 2 is 1.18 bits per heavy atom. The van der Waals surface area contributed by atoms with E-state index in [1.165, 1.54) is 39.9 Å². The van der Waals surface area contributed by atoms with Crippen molar-refractivity contribution in [2.75, 3.05) is 10.2 Å². The van der Waals surface area contributed by atoms with Gasteiger partial charge in [0, 0.05) is 17.4 Å². The summed E-state index contributed by atoms with van der Waals surface area (Å²) < 4.78 is 66.0. The Labute approximate surface area is 381 Å². The van der Waals surface area contributed by atoms with Gasteiger partial charge in [0.25, 0.3) is 21.5 Å². The van der Waals surface area contributed by atoms with Crippen LogP contribution < -0.4 is 19.7 Å². The molecule has 0 saturated heterocycles. The fourth-order valence-corrected chi connectivity index (χ4v) is 8.92. The van der Waals surface area contributed by atoms with Crippen molar-refractivity contribution in [3.05, 3.63) is 197 Å². The number of sulfone groups is 1. The Kier molecular flexibility index (Phi) is 11.3. The summed E-state index contributed by atoms with van der Waals surface area (Å²) in [5.74, 6) is 2.85. The molecule has 14 nitrogen and oxygen atoms in total. The molecule has 10 rings (SSSR count). The standard InChI is InChI=1S/C48H36N6O8S3/c55-65(56,40-21-15-36(16-22-40)49-46(42-11-5-25-57-42)54-48(64)62-44(51-54)30-60-39-20-14-33-8-2-4-10-35(33)28-39)41-23-17-37(18-24-41)52(45-12-6-26-58-45)31-53-47(63)61-43(50-53)29-59-38-19-13-32-7-1-3-9-34(32)27-38/h1-28,46,49H,29-31H2. The third-order valence-electron chi connectivity index (χ3n) is 10.5. The zero-order chi connectivity index (χ0) is 44.3. The van der Waals surface area contributed by atoms with Crippen molar-refractivity contribution in [1.82, 2.24) is 19.6 Å². The van der Waals surface area contributed by atoms with E-state index < -0.39 is 16.0 Å². The molecule has 0 bridgehead atoms. The third kappa shape index (κ3) is 8.92. The number of nitrogens with zero attached hydrogens (tertiary/aromatic N) is 5. The number of rotatable bonds is 16. The minimum Gasteiger partial charge on any atom is -0.484 e. The van der Waals surface area contributed by atoms with Crippen LogP contribution in [0, 0.1) is 9.67 Å². The molecule has 10 aromatic rings. The molecule has 0 fully saturated rings. The van der Waals surface area contributed by atoms with Gasteiger partial charge in [0.05, 0.1) is 22.3 Å². The largest absolute Gasteiger partial charge is 0.484 e. The molecule has 0 aliphatic carbocycles. The lowest BCUT2D eigenvalue weighted by Gasteiger charge is -2.21. The molecule has 324 valence electrons. The highest BCUT2D eigenvalue weighted by atomic mass is 32.2. The second-order valence-electron chi connectivity index (χ2n) is 14.7. The minimum absolute atomic E-state index is 0.0365. The minimum atomic E-state index is -3.94. The first kappa shape index (κ1) is 41.3. The fraction of sp³-hybridized carbons (Fsp3) is 0.0833. The van der Waals surface area contributed by atoms with Crippen molar-refractivity contribution in [1.29, 1.82) is 0 Å². The SMILES string of the molecule is O=S(=O)(c1ccc(NC(c2ccco2)n2nc(COc3ccc4ccccc4c3)oc2=S)cc1)c1ccc(N(Cn2nc(COc3ccc4ccccc4c3)oc2=S)c2ccco2)cc1. The maximum Gasteiger partial charge on any atom is 0.289 e.